The van der Waals surface area contributed by atoms with Crippen LogP contribution in [0.2, 0.25) is 0 Å². The largest absolute Gasteiger partial charge is 0.337 e. The highest BCUT2D eigenvalue weighted by atomic mass is 35.5. The van der Waals surface area contributed by atoms with Crippen LogP contribution >= 0.6 is 12.4 Å². The maximum atomic E-state index is 5.30. The van der Waals surface area contributed by atoms with Gasteiger partial charge >= 0.3 is 0 Å². The van der Waals surface area contributed by atoms with Crippen LogP contribution in [0.15, 0.2) is 23.0 Å². The first kappa shape index (κ1) is 10.6. The van der Waals surface area contributed by atoms with Gasteiger partial charge in [-0.15, -0.1) is 12.4 Å². The molecule has 0 radical (unpaired) electrons. The summed E-state index contributed by atoms with van der Waals surface area (Å²) in [5.74, 6) is 1.18. The maximum Gasteiger partial charge on any atom is 0.240 e. The Bertz CT molecular complexity index is 390. The minimum atomic E-state index is 0. The van der Waals surface area contributed by atoms with Crippen molar-refractivity contribution in [3.8, 4) is 11.6 Å². The second kappa shape index (κ2) is 4.64. The Kier molecular flexibility index (Phi) is 3.49. The predicted molar refractivity (Wildman–Crippen MR) is 50.5 cm³/mol. The lowest BCUT2D eigenvalue weighted by molar-refractivity contribution is 0.380. The number of halogens is 1. The van der Waals surface area contributed by atoms with Crippen LogP contribution in [-0.2, 0) is 6.54 Å². The lowest BCUT2D eigenvalue weighted by atomic mass is 10.5. The Balaban J connectivity index is 0.000000980. The zero-order valence-corrected chi connectivity index (χ0v) is 7.94. The third-order valence-electron chi connectivity index (χ3n) is 1.41. The summed E-state index contributed by atoms with van der Waals surface area (Å²) in [5, 5.41) is 3.67. The molecule has 0 unspecified atom stereocenters. The zero-order valence-electron chi connectivity index (χ0n) is 7.12. The Morgan fingerprint density at radius 1 is 1.21 bits per heavy atom. The van der Waals surface area contributed by atoms with Crippen molar-refractivity contribution in [2.24, 2.45) is 5.73 Å². The molecule has 0 aliphatic heterocycles. The number of rotatable bonds is 2. The van der Waals surface area contributed by atoms with E-state index < -0.39 is 0 Å². The second-order valence-corrected chi connectivity index (χ2v) is 2.29. The Morgan fingerprint density at radius 2 is 1.93 bits per heavy atom. The van der Waals surface area contributed by atoms with Crippen LogP contribution in [0, 0.1) is 0 Å². The summed E-state index contributed by atoms with van der Waals surface area (Å²) in [7, 11) is 0. The quantitative estimate of drug-likeness (QED) is 0.777. The van der Waals surface area contributed by atoms with Crippen LogP contribution in [0.5, 0.6) is 0 Å². The molecule has 2 N–H and O–H groups in total. The Morgan fingerprint density at radius 3 is 2.50 bits per heavy atom. The fourth-order valence-corrected chi connectivity index (χ4v) is 0.843. The van der Waals surface area contributed by atoms with Crippen molar-refractivity contribution in [2.75, 3.05) is 0 Å². The van der Waals surface area contributed by atoms with E-state index in [0.29, 0.717) is 17.5 Å². The molecular formula is C7H8ClN5O. The van der Waals surface area contributed by atoms with Gasteiger partial charge in [0.05, 0.1) is 6.54 Å². The lowest BCUT2D eigenvalue weighted by Crippen LogP contribution is -1.96. The van der Waals surface area contributed by atoms with Crippen LogP contribution in [0.25, 0.3) is 11.6 Å². The molecule has 0 saturated heterocycles. The summed E-state index contributed by atoms with van der Waals surface area (Å²) in [4.78, 5) is 11.9. The van der Waals surface area contributed by atoms with Crippen molar-refractivity contribution in [1.82, 2.24) is 20.1 Å². The zero-order chi connectivity index (χ0) is 9.10. The van der Waals surface area contributed by atoms with E-state index in [4.69, 9.17) is 10.3 Å². The van der Waals surface area contributed by atoms with Gasteiger partial charge in [-0.2, -0.15) is 4.98 Å². The Labute approximate surface area is 86.0 Å². The molecule has 0 atom stereocenters. The fraction of sp³-hybridized carbons (Fsp3) is 0.143. The van der Waals surface area contributed by atoms with E-state index in [0.717, 1.165) is 0 Å². The van der Waals surface area contributed by atoms with Gasteiger partial charge in [0.2, 0.25) is 17.5 Å². The number of nitrogens with zero attached hydrogens (tertiary/aromatic N) is 4. The molecule has 0 saturated carbocycles. The molecule has 14 heavy (non-hydrogen) atoms. The van der Waals surface area contributed by atoms with Gasteiger partial charge in [0.1, 0.15) is 0 Å². The van der Waals surface area contributed by atoms with E-state index in [2.05, 4.69) is 20.1 Å². The molecule has 0 amide bonds. The number of nitrogens with two attached hydrogens (primary N) is 1. The number of hydrogen-bond donors (Lipinski definition) is 1. The average Bonchev–Trinajstić information content (AvgIpc) is 2.67. The average molecular weight is 214 g/mol. The second-order valence-electron chi connectivity index (χ2n) is 2.29. The molecule has 7 heteroatoms. The highest BCUT2D eigenvalue weighted by Gasteiger charge is 2.08. The van der Waals surface area contributed by atoms with Crippen molar-refractivity contribution >= 4 is 12.4 Å². The van der Waals surface area contributed by atoms with Crippen molar-refractivity contribution < 1.29 is 4.52 Å². The summed E-state index contributed by atoms with van der Waals surface area (Å²) in [6.07, 6.45) is 3.22. The molecule has 0 bridgehead atoms. The van der Waals surface area contributed by atoms with E-state index in [9.17, 15) is 0 Å². The third kappa shape index (κ3) is 2.04. The van der Waals surface area contributed by atoms with Gasteiger partial charge in [0.25, 0.3) is 0 Å². The number of hydrogen-bond acceptors (Lipinski definition) is 6. The van der Waals surface area contributed by atoms with Crippen LogP contribution in [0.4, 0.5) is 0 Å². The summed E-state index contributed by atoms with van der Waals surface area (Å²) in [5.41, 5.74) is 5.30. The molecule has 0 aromatic carbocycles. The van der Waals surface area contributed by atoms with Crippen molar-refractivity contribution in [3.63, 3.8) is 0 Å². The summed E-state index contributed by atoms with van der Waals surface area (Å²) in [6, 6.07) is 1.72. The summed E-state index contributed by atoms with van der Waals surface area (Å²) < 4.78 is 4.80. The molecule has 2 aromatic rings. The van der Waals surface area contributed by atoms with Crippen LogP contribution in [0.1, 0.15) is 5.89 Å². The van der Waals surface area contributed by atoms with Gasteiger partial charge < -0.3 is 10.3 Å². The molecule has 0 aliphatic rings. The van der Waals surface area contributed by atoms with E-state index >= 15 is 0 Å². The molecule has 2 rings (SSSR count). The van der Waals surface area contributed by atoms with E-state index in [-0.39, 0.29) is 19.0 Å². The molecule has 0 spiro atoms. The first-order valence-corrected chi connectivity index (χ1v) is 3.70. The van der Waals surface area contributed by atoms with E-state index in [1.165, 1.54) is 0 Å². The van der Waals surface area contributed by atoms with Gasteiger partial charge in [-0.05, 0) is 6.07 Å². The lowest BCUT2D eigenvalue weighted by Gasteiger charge is -1.87. The molecule has 2 aromatic heterocycles. The van der Waals surface area contributed by atoms with Gasteiger partial charge in [-0.25, -0.2) is 9.97 Å². The van der Waals surface area contributed by atoms with Crippen molar-refractivity contribution in [2.45, 2.75) is 6.54 Å². The van der Waals surface area contributed by atoms with Crippen LogP contribution in [0.3, 0.4) is 0 Å². The molecule has 6 nitrogen and oxygen atoms in total. The van der Waals surface area contributed by atoms with Crippen molar-refractivity contribution in [3.05, 3.63) is 24.4 Å². The molecule has 74 valence electrons. The van der Waals surface area contributed by atoms with E-state index in [1.807, 2.05) is 0 Å². The van der Waals surface area contributed by atoms with Gasteiger partial charge in [0, 0.05) is 12.4 Å². The molecular weight excluding hydrogens is 206 g/mol. The molecule has 0 fully saturated rings. The minimum absolute atomic E-state index is 0. The Hall–Kier alpha value is -1.53. The first-order valence-electron chi connectivity index (χ1n) is 3.70. The maximum absolute atomic E-state index is 5.30. The molecule has 0 aliphatic carbocycles. The van der Waals surface area contributed by atoms with E-state index in [1.54, 1.807) is 18.5 Å². The predicted octanol–water partition coefficient (Wildman–Crippen LogP) is 0.407. The fourth-order valence-electron chi connectivity index (χ4n) is 0.843. The third-order valence-corrected chi connectivity index (χ3v) is 1.41. The monoisotopic (exact) mass is 213 g/mol. The number of aromatic nitrogens is 4. The minimum Gasteiger partial charge on any atom is -0.337 e. The van der Waals surface area contributed by atoms with Gasteiger partial charge in [-0.1, -0.05) is 5.16 Å². The molecule has 2 heterocycles. The summed E-state index contributed by atoms with van der Waals surface area (Å²) in [6.45, 7) is 0.222. The SMILES string of the molecule is Cl.NCc1nc(-c2ncccn2)no1. The van der Waals surface area contributed by atoms with Crippen LogP contribution < -0.4 is 5.73 Å². The van der Waals surface area contributed by atoms with Gasteiger partial charge in [-0.3, -0.25) is 0 Å². The standard InChI is InChI=1S/C7H7N5O.ClH/c8-4-5-11-7(12-13-5)6-9-2-1-3-10-6;/h1-3H,4,8H2;1H. The van der Waals surface area contributed by atoms with Gasteiger partial charge in [0.15, 0.2) is 0 Å². The smallest absolute Gasteiger partial charge is 0.240 e. The van der Waals surface area contributed by atoms with Crippen LogP contribution in [-0.4, -0.2) is 20.1 Å². The highest BCUT2D eigenvalue weighted by Crippen LogP contribution is 2.07. The first-order chi connectivity index (χ1) is 6.40. The topological polar surface area (TPSA) is 90.7 Å². The highest BCUT2D eigenvalue weighted by molar-refractivity contribution is 5.85. The normalized spacial score (nSPS) is 9.50. The summed E-state index contributed by atoms with van der Waals surface area (Å²) >= 11 is 0. The van der Waals surface area contributed by atoms with Crippen molar-refractivity contribution in [1.29, 1.82) is 0 Å².